The highest BCUT2D eigenvalue weighted by Crippen LogP contribution is 2.30. The Labute approximate surface area is 182 Å². The summed E-state index contributed by atoms with van der Waals surface area (Å²) in [5.41, 5.74) is 2.10. The molecule has 160 valence electrons. The van der Waals surface area contributed by atoms with Gasteiger partial charge in [-0.1, -0.05) is 18.2 Å². The van der Waals surface area contributed by atoms with Crippen molar-refractivity contribution in [2.24, 2.45) is 0 Å². The SMILES string of the molecule is COc1ccc2c(c1)c1nnc(NC(=O)c3ccco3)nc1n2CCOc1ccccc1. The number of benzene rings is 2. The van der Waals surface area contributed by atoms with Crippen molar-refractivity contribution in [1.82, 2.24) is 19.7 Å². The molecule has 0 saturated carbocycles. The molecule has 32 heavy (non-hydrogen) atoms. The average molecular weight is 429 g/mol. The Morgan fingerprint density at radius 2 is 1.94 bits per heavy atom. The van der Waals surface area contributed by atoms with E-state index in [4.69, 9.17) is 13.9 Å². The number of anilines is 1. The van der Waals surface area contributed by atoms with Gasteiger partial charge in [-0.05, 0) is 42.5 Å². The number of rotatable bonds is 7. The Hall–Kier alpha value is -4.40. The van der Waals surface area contributed by atoms with Crippen LogP contribution < -0.4 is 14.8 Å². The summed E-state index contributed by atoms with van der Waals surface area (Å²) in [6.07, 6.45) is 1.43. The number of carbonyl (C=O) groups is 1. The van der Waals surface area contributed by atoms with Gasteiger partial charge in [0.1, 0.15) is 23.6 Å². The Kier molecular flexibility index (Phi) is 5.12. The fraction of sp³-hybridized carbons (Fsp3) is 0.130. The first-order chi connectivity index (χ1) is 15.7. The number of fused-ring (bicyclic) bond motifs is 3. The van der Waals surface area contributed by atoms with Crippen molar-refractivity contribution in [1.29, 1.82) is 0 Å². The smallest absolute Gasteiger partial charge is 0.293 e. The third-order valence-corrected chi connectivity index (χ3v) is 4.97. The second-order valence-corrected chi connectivity index (χ2v) is 6.94. The number of nitrogens with zero attached hydrogens (tertiary/aromatic N) is 4. The molecule has 0 bridgehead atoms. The molecule has 0 fully saturated rings. The van der Waals surface area contributed by atoms with Crippen LogP contribution in [-0.4, -0.2) is 39.4 Å². The molecule has 9 heteroatoms. The lowest BCUT2D eigenvalue weighted by Gasteiger charge is -2.09. The first kappa shape index (κ1) is 19.6. The number of para-hydroxylation sites is 1. The fourth-order valence-corrected chi connectivity index (χ4v) is 3.48. The minimum atomic E-state index is -0.451. The van der Waals surface area contributed by atoms with Gasteiger partial charge in [0.15, 0.2) is 11.4 Å². The zero-order valence-electron chi connectivity index (χ0n) is 17.2. The second-order valence-electron chi connectivity index (χ2n) is 6.94. The van der Waals surface area contributed by atoms with Crippen LogP contribution in [0.2, 0.25) is 0 Å². The molecule has 1 amide bonds. The summed E-state index contributed by atoms with van der Waals surface area (Å²) in [7, 11) is 1.61. The average Bonchev–Trinajstić information content (AvgIpc) is 3.47. The normalized spacial score (nSPS) is 11.0. The molecular formula is C23H19N5O4. The van der Waals surface area contributed by atoms with Crippen LogP contribution >= 0.6 is 0 Å². The molecule has 0 spiro atoms. The third kappa shape index (κ3) is 3.71. The molecule has 1 N–H and O–H groups in total. The van der Waals surface area contributed by atoms with Crippen LogP contribution in [0, 0.1) is 0 Å². The van der Waals surface area contributed by atoms with Crippen molar-refractivity contribution in [3.63, 3.8) is 0 Å². The summed E-state index contributed by atoms with van der Waals surface area (Å²) in [4.78, 5) is 16.9. The van der Waals surface area contributed by atoms with E-state index in [2.05, 4.69) is 20.5 Å². The van der Waals surface area contributed by atoms with Gasteiger partial charge in [0.2, 0.25) is 0 Å². The van der Waals surface area contributed by atoms with Crippen LogP contribution in [0.3, 0.4) is 0 Å². The van der Waals surface area contributed by atoms with Crippen LogP contribution in [0.1, 0.15) is 10.6 Å². The number of hydrogen-bond acceptors (Lipinski definition) is 7. The lowest BCUT2D eigenvalue weighted by Crippen LogP contribution is -2.15. The van der Waals surface area contributed by atoms with Gasteiger partial charge < -0.3 is 18.5 Å². The molecule has 5 aromatic rings. The van der Waals surface area contributed by atoms with Crippen LogP contribution in [0.15, 0.2) is 71.3 Å². The van der Waals surface area contributed by atoms with Crippen LogP contribution in [0.25, 0.3) is 22.1 Å². The molecule has 9 nitrogen and oxygen atoms in total. The first-order valence-electron chi connectivity index (χ1n) is 9.96. The molecule has 2 aromatic carbocycles. The van der Waals surface area contributed by atoms with Crippen LogP contribution in [0.4, 0.5) is 5.95 Å². The highest BCUT2D eigenvalue weighted by molar-refractivity contribution is 6.05. The molecule has 3 heterocycles. The van der Waals surface area contributed by atoms with Gasteiger partial charge in [-0.15, -0.1) is 10.2 Å². The van der Waals surface area contributed by atoms with Gasteiger partial charge in [0.05, 0.1) is 25.4 Å². The maximum absolute atomic E-state index is 12.3. The van der Waals surface area contributed by atoms with Gasteiger partial charge in [-0.25, -0.2) is 0 Å². The van der Waals surface area contributed by atoms with E-state index in [0.717, 1.165) is 16.7 Å². The number of carbonyl (C=O) groups excluding carboxylic acids is 1. The summed E-state index contributed by atoms with van der Waals surface area (Å²) in [5.74, 6) is 1.28. The van der Waals surface area contributed by atoms with E-state index in [1.54, 1.807) is 19.2 Å². The minimum Gasteiger partial charge on any atom is -0.497 e. The quantitative estimate of drug-likeness (QED) is 0.418. The Balaban J connectivity index is 1.51. The maximum Gasteiger partial charge on any atom is 0.293 e. The zero-order valence-corrected chi connectivity index (χ0v) is 17.2. The molecule has 3 aromatic heterocycles. The number of aromatic nitrogens is 4. The standard InChI is InChI=1S/C23H19N5O4/c1-30-16-9-10-18-17(14-16)20-21(28(18)11-13-31-15-6-3-2-4-7-15)24-23(27-26-20)25-22(29)19-8-5-12-32-19/h2-10,12,14H,11,13H2,1H3,(H,24,25,27,29). The van der Waals surface area contributed by atoms with Crippen molar-refractivity contribution in [2.45, 2.75) is 6.54 Å². The second kappa shape index (κ2) is 8.38. The fourth-order valence-electron chi connectivity index (χ4n) is 3.48. The molecule has 0 aliphatic heterocycles. The predicted octanol–water partition coefficient (Wildman–Crippen LogP) is 3.91. The number of ether oxygens (including phenoxy) is 2. The summed E-state index contributed by atoms with van der Waals surface area (Å²) >= 11 is 0. The highest BCUT2D eigenvalue weighted by atomic mass is 16.5. The molecule has 0 aliphatic carbocycles. The molecule has 5 rings (SSSR count). The molecule has 0 unspecified atom stereocenters. The van der Waals surface area contributed by atoms with Crippen LogP contribution in [-0.2, 0) is 6.54 Å². The minimum absolute atomic E-state index is 0.0823. The molecule has 0 radical (unpaired) electrons. The van der Waals surface area contributed by atoms with Crippen molar-refractivity contribution < 1.29 is 18.7 Å². The van der Waals surface area contributed by atoms with Gasteiger partial charge in [0.25, 0.3) is 11.9 Å². The van der Waals surface area contributed by atoms with E-state index in [1.807, 2.05) is 53.1 Å². The van der Waals surface area contributed by atoms with E-state index < -0.39 is 5.91 Å². The number of hydrogen-bond donors (Lipinski definition) is 1. The van der Waals surface area contributed by atoms with E-state index in [9.17, 15) is 4.79 Å². The van der Waals surface area contributed by atoms with Crippen molar-refractivity contribution in [2.75, 3.05) is 19.0 Å². The van der Waals surface area contributed by atoms with Gasteiger partial charge in [-0.3, -0.25) is 10.1 Å². The maximum atomic E-state index is 12.3. The summed E-state index contributed by atoms with van der Waals surface area (Å²) in [6.45, 7) is 0.943. The van der Waals surface area contributed by atoms with Gasteiger partial charge >= 0.3 is 0 Å². The van der Waals surface area contributed by atoms with E-state index in [1.165, 1.54) is 6.26 Å². The van der Waals surface area contributed by atoms with Crippen molar-refractivity contribution in [3.05, 3.63) is 72.7 Å². The summed E-state index contributed by atoms with van der Waals surface area (Å²) < 4.78 is 18.4. The van der Waals surface area contributed by atoms with E-state index in [0.29, 0.717) is 30.1 Å². The largest absolute Gasteiger partial charge is 0.497 e. The molecule has 0 aliphatic rings. The topological polar surface area (TPSA) is 104 Å². The molecule has 0 saturated heterocycles. The zero-order chi connectivity index (χ0) is 21.9. The lowest BCUT2D eigenvalue weighted by atomic mass is 10.2. The summed E-state index contributed by atoms with van der Waals surface area (Å²) in [5, 5.41) is 11.9. The molecule has 0 atom stereocenters. The van der Waals surface area contributed by atoms with Crippen molar-refractivity contribution in [3.8, 4) is 11.5 Å². The Bertz CT molecular complexity index is 1380. The first-order valence-corrected chi connectivity index (χ1v) is 9.96. The van der Waals surface area contributed by atoms with E-state index in [-0.39, 0.29) is 11.7 Å². The molecular weight excluding hydrogens is 410 g/mol. The Morgan fingerprint density at radius 3 is 2.72 bits per heavy atom. The predicted molar refractivity (Wildman–Crippen MR) is 118 cm³/mol. The van der Waals surface area contributed by atoms with Crippen molar-refractivity contribution >= 4 is 33.9 Å². The Morgan fingerprint density at radius 1 is 1.06 bits per heavy atom. The van der Waals surface area contributed by atoms with Crippen LogP contribution in [0.5, 0.6) is 11.5 Å². The number of furan rings is 1. The third-order valence-electron chi connectivity index (χ3n) is 4.97. The van der Waals surface area contributed by atoms with Gasteiger partial charge in [0, 0.05) is 5.39 Å². The highest BCUT2D eigenvalue weighted by Gasteiger charge is 2.17. The summed E-state index contributed by atoms with van der Waals surface area (Å²) in [6, 6.07) is 18.5. The van der Waals surface area contributed by atoms with Gasteiger partial charge in [-0.2, -0.15) is 4.98 Å². The van der Waals surface area contributed by atoms with E-state index >= 15 is 0 Å². The number of nitrogens with one attached hydrogen (secondary N) is 1. The lowest BCUT2D eigenvalue weighted by molar-refractivity contribution is 0.0995. The number of amides is 1. The monoisotopic (exact) mass is 429 g/mol. The number of methoxy groups -OCH3 is 1.